The number of carbonyl (C=O) groups excluding carboxylic acids is 1. The number of carbonyl (C=O) groups is 1. The molecule has 1 aromatic heterocycles. The average Bonchev–Trinajstić information content (AvgIpc) is 2.85. The summed E-state index contributed by atoms with van der Waals surface area (Å²) >= 11 is 0. The molecule has 2 heteroatoms. The van der Waals surface area contributed by atoms with Crippen LogP contribution in [0.5, 0.6) is 0 Å². The number of furan rings is 1. The van der Waals surface area contributed by atoms with Crippen LogP contribution < -0.4 is 0 Å². The van der Waals surface area contributed by atoms with E-state index in [2.05, 4.69) is 0 Å². The van der Waals surface area contributed by atoms with Crippen LogP contribution in [-0.2, 0) is 11.2 Å². The van der Waals surface area contributed by atoms with Gasteiger partial charge in [-0.2, -0.15) is 0 Å². The van der Waals surface area contributed by atoms with Gasteiger partial charge < -0.3 is 4.42 Å². The Labute approximate surface area is 77.9 Å². The zero-order chi connectivity index (χ0) is 9.26. The normalized spacial score (nSPS) is 18.5. The molecular weight excluding hydrogens is 164 g/mol. The van der Waals surface area contributed by atoms with Gasteiger partial charge in [0.05, 0.1) is 12.7 Å². The van der Waals surface area contributed by atoms with E-state index in [4.69, 9.17) is 4.42 Å². The summed E-state index contributed by atoms with van der Waals surface area (Å²) in [6, 6.07) is 3.68. The summed E-state index contributed by atoms with van der Waals surface area (Å²) in [5, 5.41) is 0. The first-order valence-electron chi connectivity index (χ1n) is 4.82. The SMILES string of the molecule is CC(C(=O)Cc1ccco1)C1CC1. The minimum absolute atomic E-state index is 0.227. The predicted molar refractivity (Wildman–Crippen MR) is 49.3 cm³/mol. The van der Waals surface area contributed by atoms with E-state index < -0.39 is 0 Å². The number of ketones is 1. The second-order valence-corrected chi connectivity index (χ2v) is 3.85. The molecule has 0 radical (unpaired) electrons. The number of hydrogen-bond acceptors (Lipinski definition) is 2. The lowest BCUT2D eigenvalue weighted by molar-refractivity contribution is -0.122. The van der Waals surface area contributed by atoms with Crippen LogP contribution in [0.3, 0.4) is 0 Å². The van der Waals surface area contributed by atoms with E-state index in [1.54, 1.807) is 6.26 Å². The molecule has 1 heterocycles. The van der Waals surface area contributed by atoms with Gasteiger partial charge in [-0.1, -0.05) is 6.92 Å². The molecule has 0 spiro atoms. The Hall–Kier alpha value is -1.05. The molecule has 1 aromatic rings. The van der Waals surface area contributed by atoms with Gasteiger partial charge in [-0.25, -0.2) is 0 Å². The maximum atomic E-state index is 11.6. The van der Waals surface area contributed by atoms with Gasteiger partial charge in [-0.05, 0) is 30.9 Å². The Morgan fingerprint density at radius 2 is 2.46 bits per heavy atom. The highest BCUT2D eigenvalue weighted by Crippen LogP contribution is 2.37. The second kappa shape index (κ2) is 3.36. The van der Waals surface area contributed by atoms with Crippen LogP contribution in [0.15, 0.2) is 22.8 Å². The third-order valence-corrected chi connectivity index (χ3v) is 2.77. The molecule has 1 fully saturated rings. The topological polar surface area (TPSA) is 30.2 Å². The molecule has 1 saturated carbocycles. The molecule has 0 aliphatic heterocycles. The van der Waals surface area contributed by atoms with E-state index in [-0.39, 0.29) is 5.92 Å². The lowest BCUT2D eigenvalue weighted by atomic mass is 9.98. The van der Waals surface area contributed by atoms with Gasteiger partial charge in [0.2, 0.25) is 0 Å². The molecule has 1 unspecified atom stereocenters. The third-order valence-electron chi connectivity index (χ3n) is 2.77. The van der Waals surface area contributed by atoms with Gasteiger partial charge >= 0.3 is 0 Å². The molecular formula is C11H14O2. The second-order valence-electron chi connectivity index (χ2n) is 3.85. The van der Waals surface area contributed by atoms with Crippen LogP contribution in [0.25, 0.3) is 0 Å². The predicted octanol–water partition coefficient (Wildman–Crippen LogP) is 2.44. The third kappa shape index (κ3) is 2.00. The fraction of sp³-hybridized carbons (Fsp3) is 0.545. The van der Waals surface area contributed by atoms with Crippen molar-refractivity contribution in [2.24, 2.45) is 11.8 Å². The first-order valence-corrected chi connectivity index (χ1v) is 4.82. The molecule has 1 atom stereocenters. The molecule has 2 rings (SSSR count). The highest BCUT2D eigenvalue weighted by Gasteiger charge is 2.32. The number of hydrogen-bond donors (Lipinski definition) is 0. The largest absolute Gasteiger partial charge is 0.469 e. The van der Waals surface area contributed by atoms with Crippen molar-refractivity contribution in [3.63, 3.8) is 0 Å². The van der Waals surface area contributed by atoms with Crippen LogP contribution in [0.4, 0.5) is 0 Å². The first kappa shape index (κ1) is 8.54. The van der Waals surface area contributed by atoms with Crippen molar-refractivity contribution in [1.29, 1.82) is 0 Å². The van der Waals surface area contributed by atoms with Crippen molar-refractivity contribution in [3.8, 4) is 0 Å². The Balaban J connectivity index is 1.90. The highest BCUT2D eigenvalue weighted by atomic mass is 16.3. The first-order chi connectivity index (χ1) is 6.27. The summed E-state index contributed by atoms with van der Waals surface area (Å²) in [5.41, 5.74) is 0. The van der Waals surface area contributed by atoms with Gasteiger partial charge in [0.25, 0.3) is 0 Å². The summed E-state index contributed by atoms with van der Waals surface area (Å²) in [5.74, 6) is 1.99. The van der Waals surface area contributed by atoms with Crippen LogP contribution in [0.1, 0.15) is 25.5 Å². The fourth-order valence-electron chi connectivity index (χ4n) is 1.60. The van der Waals surface area contributed by atoms with Crippen molar-refractivity contribution < 1.29 is 9.21 Å². The summed E-state index contributed by atoms with van der Waals surface area (Å²) in [4.78, 5) is 11.6. The lowest BCUT2D eigenvalue weighted by Gasteiger charge is -2.06. The molecule has 0 saturated heterocycles. The molecule has 70 valence electrons. The average molecular weight is 178 g/mol. The number of rotatable bonds is 4. The molecule has 0 amide bonds. The van der Waals surface area contributed by atoms with Crippen LogP contribution in [-0.4, -0.2) is 5.78 Å². The summed E-state index contributed by atoms with van der Waals surface area (Å²) in [6.45, 7) is 2.03. The van der Waals surface area contributed by atoms with Crippen molar-refractivity contribution in [1.82, 2.24) is 0 Å². The van der Waals surface area contributed by atoms with Crippen LogP contribution in [0, 0.1) is 11.8 Å². The molecule has 0 bridgehead atoms. The Morgan fingerprint density at radius 3 is 3.00 bits per heavy atom. The molecule has 13 heavy (non-hydrogen) atoms. The molecule has 1 aliphatic rings. The van der Waals surface area contributed by atoms with Crippen LogP contribution >= 0.6 is 0 Å². The smallest absolute Gasteiger partial charge is 0.143 e. The zero-order valence-corrected chi connectivity index (χ0v) is 7.82. The van der Waals surface area contributed by atoms with E-state index in [1.807, 2.05) is 19.1 Å². The number of Topliss-reactive ketones (excluding diaryl/α,β-unsaturated/α-hetero) is 1. The van der Waals surface area contributed by atoms with Crippen molar-refractivity contribution in [2.45, 2.75) is 26.2 Å². The van der Waals surface area contributed by atoms with E-state index in [1.165, 1.54) is 12.8 Å². The van der Waals surface area contributed by atoms with Gasteiger partial charge in [-0.3, -0.25) is 4.79 Å². The lowest BCUT2D eigenvalue weighted by Crippen LogP contribution is -2.14. The van der Waals surface area contributed by atoms with Gasteiger partial charge in [-0.15, -0.1) is 0 Å². The quantitative estimate of drug-likeness (QED) is 0.708. The van der Waals surface area contributed by atoms with Gasteiger partial charge in [0.1, 0.15) is 11.5 Å². The van der Waals surface area contributed by atoms with Crippen molar-refractivity contribution >= 4 is 5.78 Å². The van der Waals surface area contributed by atoms with E-state index in [0.717, 1.165) is 5.76 Å². The van der Waals surface area contributed by atoms with Crippen molar-refractivity contribution in [3.05, 3.63) is 24.2 Å². The minimum Gasteiger partial charge on any atom is -0.469 e. The molecule has 0 aromatic carbocycles. The van der Waals surface area contributed by atoms with Crippen molar-refractivity contribution in [2.75, 3.05) is 0 Å². The van der Waals surface area contributed by atoms with E-state index in [0.29, 0.717) is 18.1 Å². The maximum Gasteiger partial charge on any atom is 0.143 e. The summed E-state index contributed by atoms with van der Waals surface area (Å²) in [6.07, 6.45) is 4.53. The van der Waals surface area contributed by atoms with E-state index in [9.17, 15) is 4.79 Å². The minimum atomic E-state index is 0.227. The Bertz CT molecular complexity index is 283. The highest BCUT2D eigenvalue weighted by molar-refractivity contribution is 5.82. The molecule has 1 aliphatic carbocycles. The Kier molecular flexibility index (Phi) is 2.21. The van der Waals surface area contributed by atoms with Gasteiger partial charge in [0, 0.05) is 5.92 Å². The monoisotopic (exact) mass is 178 g/mol. The standard InChI is InChI=1S/C11H14O2/c1-8(9-4-5-9)11(12)7-10-3-2-6-13-10/h2-3,6,8-9H,4-5,7H2,1H3. The molecule has 2 nitrogen and oxygen atoms in total. The molecule has 0 N–H and O–H groups in total. The summed E-state index contributed by atoms with van der Waals surface area (Å²) < 4.78 is 5.13. The van der Waals surface area contributed by atoms with Gasteiger partial charge in [0.15, 0.2) is 0 Å². The summed E-state index contributed by atoms with van der Waals surface area (Å²) in [7, 11) is 0. The zero-order valence-electron chi connectivity index (χ0n) is 7.82. The fourth-order valence-corrected chi connectivity index (χ4v) is 1.60. The van der Waals surface area contributed by atoms with Crippen LogP contribution in [0.2, 0.25) is 0 Å². The van der Waals surface area contributed by atoms with E-state index >= 15 is 0 Å². The maximum absolute atomic E-state index is 11.6. The Morgan fingerprint density at radius 1 is 1.69 bits per heavy atom.